The van der Waals surface area contributed by atoms with Crippen molar-refractivity contribution in [1.82, 2.24) is 10.2 Å². The van der Waals surface area contributed by atoms with Gasteiger partial charge in [0.2, 0.25) is 0 Å². The van der Waals surface area contributed by atoms with Crippen molar-refractivity contribution in [2.24, 2.45) is 17.6 Å². The number of nitrogens with zero attached hydrogens (tertiary/aromatic N) is 1. The maximum atomic E-state index is 11.3. The SMILES string of the molecule is NCC1CCCC1COCCN1CCNC1=O. The molecule has 0 spiro atoms. The van der Waals surface area contributed by atoms with E-state index in [1.165, 1.54) is 19.3 Å². The second-order valence-corrected chi connectivity index (χ2v) is 4.98. The Morgan fingerprint density at radius 3 is 2.94 bits per heavy atom. The molecule has 2 atom stereocenters. The van der Waals surface area contributed by atoms with Crippen LogP contribution in [0.3, 0.4) is 0 Å². The zero-order valence-corrected chi connectivity index (χ0v) is 10.4. The maximum absolute atomic E-state index is 11.3. The molecule has 0 aromatic heterocycles. The number of urea groups is 1. The van der Waals surface area contributed by atoms with E-state index in [0.717, 1.165) is 26.2 Å². The van der Waals surface area contributed by atoms with Crippen molar-refractivity contribution in [2.45, 2.75) is 19.3 Å². The summed E-state index contributed by atoms with van der Waals surface area (Å²) in [7, 11) is 0. The molecule has 0 aromatic carbocycles. The van der Waals surface area contributed by atoms with E-state index in [1.54, 1.807) is 4.90 Å². The molecule has 17 heavy (non-hydrogen) atoms. The highest BCUT2D eigenvalue weighted by molar-refractivity contribution is 5.76. The molecule has 5 nitrogen and oxygen atoms in total. The number of ether oxygens (including phenoxy) is 1. The number of carbonyl (C=O) groups excluding carboxylic acids is 1. The maximum Gasteiger partial charge on any atom is 0.317 e. The van der Waals surface area contributed by atoms with Gasteiger partial charge >= 0.3 is 6.03 Å². The second kappa shape index (κ2) is 6.21. The Morgan fingerprint density at radius 1 is 1.41 bits per heavy atom. The van der Waals surface area contributed by atoms with E-state index in [2.05, 4.69) is 5.32 Å². The van der Waals surface area contributed by atoms with Crippen molar-refractivity contribution < 1.29 is 9.53 Å². The highest BCUT2D eigenvalue weighted by Crippen LogP contribution is 2.30. The van der Waals surface area contributed by atoms with E-state index < -0.39 is 0 Å². The molecule has 2 rings (SSSR count). The molecular formula is C12H23N3O2. The van der Waals surface area contributed by atoms with Gasteiger partial charge in [-0.3, -0.25) is 0 Å². The summed E-state index contributed by atoms with van der Waals surface area (Å²) in [4.78, 5) is 13.1. The molecule has 1 aliphatic heterocycles. The second-order valence-electron chi connectivity index (χ2n) is 4.98. The summed E-state index contributed by atoms with van der Waals surface area (Å²) in [5.41, 5.74) is 5.73. The summed E-state index contributed by atoms with van der Waals surface area (Å²) in [5, 5.41) is 2.78. The van der Waals surface area contributed by atoms with Crippen molar-refractivity contribution in [3.05, 3.63) is 0 Å². The number of hydrogen-bond donors (Lipinski definition) is 2. The zero-order chi connectivity index (χ0) is 12.1. The number of nitrogens with two attached hydrogens (primary N) is 1. The van der Waals surface area contributed by atoms with Gasteiger partial charge < -0.3 is 20.7 Å². The van der Waals surface area contributed by atoms with Crippen LogP contribution < -0.4 is 11.1 Å². The van der Waals surface area contributed by atoms with Gasteiger partial charge in [-0.1, -0.05) is 6.42 Å². The fraction of sp³-hybridized carbons (Fsp3) is 0.917. The molecule has 0 bridgehead atoms. The van der Waals surface area contributed by atoms with Crippen LogP contribution in [-0.2, 0) is 4.74 Å². The Balaban J connectivity index is 1.58. The minimum absolute atomic E-state index is 0.0364. The Bertz CT molecular complexity index is 260. The van der Waals surface area contributed by atoms with E-state index in [4.69, 9.17) is 10.5 Å². The Hall–Kier alpha value is -0.810. The lowest BCUT2D eigenvalue weighted by molar-refractivity contribution is 0.0764. The van der Waals surface area contributed by atoms with Gasteiger partial charge in [-0.25, -0.2) is 4.79 Å². The number of rotatable bonds is 6. The van der Waals surface area contributed by atoms with E-state index in [9.17, 15) is 4.79 Å². The Labute approximate surface area is 103 Å². The number of amides is 2. The van der Waals surface area contributed by atoms with Gasteiger partial charge in [0.15, 0.2) is 0 Å². The lowest BCUT2D eigenvalue weighted by atomic mass is 9.97. The summed E-state index contributed by atoms with van der Waals surface area (Å²) in [6, 6.07) is 0.0364. The quantitative estimate of drug-likeness (QED) is 0.662. The van der Waals surface area contributed by atoms with Crippen LogP contribution in [0.4, 0.5) is 4.79 Å². The highest BCUT2D eigenvalue weighted by Gasteiger charge is 2.26. The molecular weight excluding hydrogens is 218 g/mol. The summed E-state index contributed by atoms with van der Waals surface area (Å²) in [6.45, 7) is 4.49. The van der Waals surface area contributed by atoms with Crippen LogP contribution in [0.15, 0.2) is 0 Å². The van der Waals surface area contributed by atoms with Crippen molar-refractivity contribution in [1.29, 1.82) is 0 Å². The number of nitrogens with one attached hydrogen (secondary N) is 1. The standard InChI is InChI=1S/C12H23N3O2/c13-8-10-2-1-3-11(10)9-17-7-6-15-5-4-14-12(15)16/h10-11H,1-9,13H2,(H,14,16). The minimum Gasteiger partial charge on any atom is -0.379 e. The summed E-state index contributed by atoms with van der Waals surface area (Å²) in [6.07, 6.45) is 3.77. The molecule has 3 N–H and O–H groups in total. The molecule has 1 saturated carbocycles. The molecule has 0 aromatic rings. The molecule has 5 heteroatoms. The third kappa shape index (κ3) is 3.33. The summed E-state index contributed by atoms with van der Waals surface area (Å²) >= 11 is 0. The predicted octanol–water partition coefficient (Wildman–Crippen LogP) is 0.403. The van der Waals surface area contributed by atoms with E-state index in [0.29, 0.717) is 25.0 Å². The highest BCUT2D eigenvalue weighted by atomic mass is 16.5. The normalized spacial score (nSPS) is 28.8. The fourth-order valence-corrected chi connectivity index (χ4v) is 2.78. The molecule has 2 aliphatic rings. The summed E-state index contributed by atoms with van der Waals surface area (Å²) < 4.78 is 5.68. The van der Waals surface area contributed by atoms with Crippen LogP contribution >= 0.6 is 0 Å². The number of hydrogen-bond acceptors (Lipinski definition) is 3. The summed E-state index contributed by atoms with van der Waals surface area (Å²) in [5.74, 6) is 1.28. The van der Waals surface area contributed by atoms with Gasteiger partial charge in [-0.15, -0.1) is 0 Å². The average Bonchev–Trinajstić information content (AvgIpc) is 2.93. The van der Waals surface area contributed by atoms with Gasteiger partial charge in [0.05, 0.1) is 6.61 Å². The third-order valence-electron chi connectivity index (χ3n) is 3.90. The van der Waals surface area contributed by atoms with Gasteiger partial charge in [0.25, 0.3) is 0 Å². The van der Waals surface area contributed by atoms with Crippen LogP contribution in [0.25, 0.3) is 0 Å². The first-order valence-corrected chi connectivity index (χ1v) is 6.62. The van der Waals surface area contributed by atoms with Gasteiger partial charge in [-0.05, 0) is 31.2 Å². The van der Waals surface area contributed by atoms with Crippen molar-refractivity contribution >= 4 is 6.03 Å². The van der Waals surface area contributed by atoms with Crippen LogP contribution in [0.2, 0.25) is 0 Å². The van der Waals surface area contributed by atoms with Gasteiger partial charge in [0.1, 0.15) is 0 Å². The van der Waals surface area contributed by atoms with Crippen molar-refractivity contribution in [3.63, 3.8) is 0 Å². The largest absolute Gasteiger partial charge is 0.379 e. The third-order valence-corrected chi connectivity index (χ3v) is 3.90. The van der Waals surface area contributed by atoms with Crippen LogP contribution in [0, 0.1) is 11.8 Å². The molecule has 98 valence electrons. The fourth-order valence-electron chi connectivity index (χ4n) is 2.78. The first-order valence-electron chi connectivity index (χ1n) is 6.62. The van der Waals surface area contributed by atoms with Crippen LogP contribution in [0.5, 0.6) is 0 Å². The lowest BCUT2D eigenvalue weighted by Crippen LogP contribution is -2.32. The smallest absolute Gasteiger partial charge is 0.317 e. The molecule has 1 heterocycles. The first kappa shape index (κ1) is 12.6. The lowest BCUT2D eigenvalue weighted by Gasteiger charge is -2.19. The van der Waals surface area contributed by atoms with Gasteiger partial charge in [-0.2, -0.15) is 0 Å². The average molecular weight is 241 g/mol. The van der Waals surface area contributed by atoms with E-state index in [1.807, 2.05) is 0 Å². The van der Waals surface area contributed by atoms with E-state index >= 15 is 0 Å². The molecule has 2 unspecified atom stereocenters. The topological polar surface area (TPSA) is 67.6 Å². The molecule has 1 saturated heterocycles. The number of carbonyl (C=O) groups is 1. The molecule has 2 fully saturated rings. The molecule has 2 amide bonds. The van der Waals surface area contributed by atoms with Crippen molar-refractivity contribution in [3.8, 4) is 0 Å². The zero-order valence-electron chi connectivity index (χ0n) is 10.4. The van der Waals surface area contributed by atoms with Crippen LogP contribution in [0.1, 0.15) is 19.3 Å². The van der Waals surface area contributed by atoms with Crippen LogP contribution in [-0.4, -0.2) is 50.3 Å². The monoisotopic (exact) mass is 241 g/mol. The first-order chi connectivity index (χ1) is 8.31. The minimum atomic E-state index is 0.0364. The molecule has 1 aliphatic carbocycles. The van der Waals surface area contributed by atoms with Crippen molar-refractivity contribution in [2.75, 3.05) is 39.4 Å². The molecule has 0 radical (unpaired) electrons. The Kier molecular flexibility index (Phi) is 4.62. The van der Waals surface area contributed by atoms with Gasteiger partial charge in [0, 0.05) is 26.2 Å². The predicted molar refractivity (Wildman–Crippen MR) is 65.7 cm³/mol. The Morgan fingerprint density at radius 2 is 2.24 bits per heavy atom. The van der Waals surface area contributed by atoms with E-state index in [-0.39, 0.29) is 6.03 Å².